The molecule has 4 aromatic rings. The lowest BCUT2D eigenvalue weighted by atomic mass is 10.1. The molecule has 4 rings (SSSR count). The number of aromatic nitrogens is 4. The van der Waals surface area contributed by atoms with Crippen LogP contribution in [0.15, 0.2) is 42.6 Å². The van der Waals surface area contributed by atoms with Crippen LogP contribution < -0.4 is 5.32 Å². The van der Waals surface area contributed by atoms with Crippen molar-refractivity contribution < 1.29 is 4.79 Å². The topological polar surface area (TPSA) is 72.7 Å². The first-order chi connectivity index (χ1) is 13.8. The second-order valence-corrected chi connectivity index (χ2v) is 7.38. The third kappa shape index (κ3) is 3.38. The first kappa shape index (κ1) is 18.8. The summed E-state index contributed by atoms with van der Waals surface area (Å²) >= 11 is 0. The molecule has 1 N–H and O–H groups in total. The van der Waals surface area contributed by atoms with Crippen LogP contribution in [0.3, 0.4) is 0 Å². The summed E-state index contributed by atoms with van der Waals surface area (Å²) in [5.74, 6) is -0.189. The van der Waals surface area contributed by atoms with Gasteiger partial charge in [0.1, 0.15) is 0 Å². The minimum absolute atomic E-state index is 0.189. The van der Waals surface area contributed by atoms with Crippen LogP contribution in [0, 0.1) is 34.6 Å². The summed E-state index contributed by atoms with van der Waals surface area (Å²) in [4.78, 5) is 22.2. The zero-order valence-electron chi connectivity index (χ0n) is 17.2. The molecule has 6 heteroatoms. The van der Waals surface area contributed by atoms with Crippen molar-refractivity contribution in [3.63, 3.8) is 0 Å². The Bertz CT molecular complexity index is 1220. The number of hydrogen-bond acceptors (Lipinski definition) is 4. The van der Waals surface area contributed by atoms with E-state index in [1.807, 2.05) is 71.0 Å². The van der Waals surface area contributed by atoms with E-state index in [1.165, 1.54) is 5.56 Å². The normalized spacial score (nSPS) is 11.1. The molecule has 0 atom stereocenters. The fourth-order valence-corrected chi connectivity index (χ4v) is 3.52. The Morgan fingerprint density at radius 2 is 1.69 bits per heavy atom. The van der Waals surface area contributed by atoms with Crippen LogP contribution in [0.2, 0.25) is 0 Å². The highest BCUT2D eigenvalue weighted by atomic mass is 16.1. The van der Waals surface area contributed by atoms with Gasteiger partial charge in [-0.3, -0.25) is 9.78 Å². The predicted octanol–water partition coefficient (Wildman–Crippen LogP) is 4.61. The van der Waals surface area contributed by atoms with Gasteiger partial charge in [0.15, 0.2) is 5.65 Å². The summed E-state index contributed by atoms with van der Waals surface area (Å²) in [6.07, 6.45) is 1.74. The van der Waals surface area contributed by atoms with Crippen LogP contribution in [0.25, 0.3) is 16.7 Å². The molecule has 1 aromatic carbocycles. The number of aryl methyl sites for hydroxylation is 5. The van der Waals surface area contributed by atoms with E-state index in [4.69, 9.17) is 0 Å². The Kier molecular flexibility index (Phi) is 4.62. The number of anilines is 1. The Morgan fingerprint density at radius 1 is 0.966 bits per heavy atom. The van der Waals surface area contributed by atoms with Gasteiger partial charge >= 0.3 is 0 Å². The molecular weight excluding hydrogens is 362 g/mol. The summed E-state index contributed by atoms with van der Waals surface area (Å²) in [5, 5.41) is 8.47. The highest BCUT2D eigenvalue weighted by molar-refractivity contribution is 6.13. The van der Waals surface area contributed by atoms with E-state index < -0.39 is 0 Å². The average Bonchev–Trinajstić information content (AvgIpc) is 3.01. The lowest BCUT2D eigenvalue weighted by Crippen LogP contribution is -2.15. The molecule has 29 heavy (non-hydrogen) atoms. The van der Waals surface area contributed by atoms with Crippen molar-refractivity contribution in [1.82, 2.24) is 19.7 Å². The van der Waals surface area contributed by atoms with Gasteiger partial charge in [0.25, 0.3) is 5.91 Å². The van der Waals surface area contributed by atoms with Crippen molar-refractivity contribution in [2.75, 3.05) is 5.32 Å². The van der Waals surface area contributed by atoms with Crippen LogP contribution in [0.4, 0.5) is 5.69 Å². The first-order valence-electron chi connectivity index (χ1n) is 9.52. The summed E-state index contributed by atoms with van der Waals surface area (Å²) in [6.45, 7) is 9.68. The number of fused-ring (bicyclic) bond motifs is 1. The Balaban J connectivity index is 1.85. The smallest absolute Gasteiger partial charge is 0.256 e. The number of hydrogen-bond donors (Lipinski definition) is 1. The van der Waals surface area contributed by atoms with Crippen molar-refractivity contribution in [2.45, 2.75) is 34.6 Å². The largest absolute Gasteiger partial charge is 0.320 e. The fourth-order valence-electron chi connectivity index (χ4n) is 3.52. The minimum atomic E-state index is -0.189. The number of nitrogens with zero attached hydrogens (tertiary/aromatic N) is 4. The zero-order chi connectivity index (χ0) is 20.7. The van der Waals surface area contributed by atoms with Gasteiger partial charge < -0.3 is 5.32 Å². The molecule has 0 saturated heterocycles. The molecule has 0 aliphatic carbocycles. The van der Waals surface area contributed by atoms with Crippen LogP contribution in [-0.4, -0.2) is 25.7 Å². The van der Waals surface area contributed by atoms with Gasteiger partial charge in [-0.15, -0.1) is 0 Å². The van der Waals surface area contributed by atoms with Crippen LogP contribution in [-0.2, 0) is 0 Å². The second kappa shape index (κ2) is 7.13. The highest BCUT2D eigenvalue weighted by Crippen LogP contribution is 2.26. The number of carbonyl (C=O) groups is 1. The van der Waals surface area contributed by atoms with Crippen LogP contribution in [0.1, 0.15) is 38.6 Å². The third-order valence-corrected chi connectivity index (χ3v) is 5.05. The first-order valence-corrected chi connectivity index (χ1v) is 9.52. The maximum atomic E-state index is 13.2. The molecule has 3 heterocycles. The molecule has 3 aromatic heterocycles. The quantitative estimate of drug-likeness (QED) is 0.559. The molecule has 1 amide bonds. The van der Waals surface area contributed by atoms with E-state index in [-0.39, 0.29) is 5.91 Å². The summed E-state index contributed by atoms with van der Waals surface area (Å²) in [5.41, 5.74) is 7.34. The average molecular weight is 385 g/mol. The van der Waals surface area contributed by atoms with E-state index in [0.717, 1.165) is 39.4 Å². The monoisotopic (exact) mass is 385 g/mol. The Labute approximate surface area is 169 Å². The molecule has 6 nitrogen and oxygen atoms in total. The Hall–Kier alpha value is -3.54. The molecule has 0 saturated carbocycles. The maximum absolute atomic E-state index is 13.2. The standard InChI is InChI=1S/C23H23N5O/c1-13-6-8-18(9-7-13)28-22-20(16(4)27-28)19(12-15(3)25-22)23(29)26-21-14(2)10-11-24-17(21)5/h6-12H,1-5H3,(H,26,29). The van der Waals surface area contributed by atoms with Gasteiger partial charge in [0.05, 0.1) is 33.7 Å². The summed E-state index contributed by atoms with van der Waals surface area (Å²) < 4.78 is 1.80. The molecule has 0 aliphatic rings. The van der Waals surface area contributed by atoms with Crippen LogP contribution in [0.5, 0.6) is 0 Å². The number of carbonyl (C=O) groups excluding carboxylic acids is 1. The van der Waals surface area contributed by atoms with Crippen molar-refractivity contribution >= 4 is 22.6 Å². The molecular formula is C23H23N5O. The van der Waals surface area contributed by atoms with E-state index in [0.29, 0.717) is 11.2 Å². The fraction of sp³-hybridized carbons (Fsp3) is 0.217. The SMILES string of the molecule is Cc1ccc(-n2nc(C)c3c(C(=O)Nc4c(C)ccnc4C)cc(C)nc32)cc1. The Morgan fingerprint density at radius 3 is 2.38 bits per heavy atom. The van der Waals surface area contributed by atoms with Gasteiger partial charge in [0.2, 0.25) is 0 Å². The second-order valence-electron chi connectivity index (χ2n) is 7.38. The zero-order valence-corrected chi connectivity index (χ0v) is 17.2. The molecule has 0 unspecified atom stereocenters. The number of benzene rings is 1. The number of nitrogens with one attached hydrogen (secondary N) is 1. The van der Waals surface area contributed by atoms with Gasteiger partial charge in [-0.2, -0.15) is 5.10 Å². The number of rotatable bonds is 3. The lowest BCUT2D eigenvalue weighted by molar-refractivity contribution is 0.102. The third-order valence-electron chi connectivity index (χ3n) is 5.05. The molecule has 146 valence electrons. The van der Waals surface area contributed by atoms with Crippen molar-refractivity contribution in [1.29, 1.82) is 0 Å². The molecule has 0 aliphatic heterocycles. The van der Waals surface area contributed by atoms with E-state index in [2.05, 4.69) is 20.4 Å². The number of amides is 1. The van der Waals surface area contributed by atoms with Gasteiger partial charge in [-0.05, 0) is 64.4 Å². The maximum Gasteiger partial charge on any atom is 0.256 e. The lowest BCUT2D eigenvalue weighted by Gasteiger charge is -2.12. The van der Waals surface area contributed by atoms with Gasteiger partial charge in [-0.25, -0.2) is 9.67 Å². The number of pyridine rings is 2. The van der Waals surface area contributed by atoms with Crippen LogP contribution >= 0.6 is 0 Å². The van der Waals surface area contributed by atoms with Crippen molar-refractivity contribution in [3.8, 4) is 5.69 Å². The molecule has 0 spiro atoms. The van der Waals surface area contributed by atoms with E-state index in [1.54, 1.807) is 10.9 Å². The van der Waals surface area contributed by atoms with Crippen molar-refractivity contribution in [3.05, 3.63) is 76.4 Å². The van der Waals surface area contributed by atoms with Gasteiger partial charge in [0, 0.05) is 11.9 Å². The van der Waals surface area contributed by atoms with E-state index >= 15 is 0 Å². The summed E-state index contributed by atoms with van der Waals surface area (Å²) in [7, 11) is 0. The molecule has 0 fully saturated rings. The summed E-state index contributed by atoms with van der Waals surface area (Å²) in [6, 6.07) is 11.8. The molecule has 0 bridgehead atoms. The minimum Gasteiger partial charge on any atom is -0.320 e. The van der Waals surface area contributed by atoms with Gasteiger partial charge in [-0.1, -0.05) is 17.7 Å². The molecule has 0 radical (unpaired) electrons. The highest BCUT2D eigenvalue weighted by Gasteiger charge is 2.20. The predicted molar refractivity (Wildman–Crippen MR) is 115 cm³/mol. The van der Waals surface area contributed by atoms with E-state index in [9.17, 15) is 4.79 Å². The van der Waals surface area contributed by atoms with Crippen molar-refractivity contribution in [2.24, 2.45) is 0 Å².